The van der Waals surface area contributed by atoms with Gasteiger partial charge < -0.3 is 5.32 Å². The molecule has 3 aliphatic carbocycles. The number of alkyl halides is 2. The predicted molar refractivity (Wildman–Crippen MR) is 79.9 cm³/mol. The van der Waals surface area contributed by atoms with Crippen molar-refractivity contribution in [3.8, 4) is 0 Å². The van der Waals surface area contributed by atoms with Crippen LogP contribution in [0.5, 0.6) is 0 Å². The van der Waals surface area contributed by atoms with E-state index in [1.165, 1.54) is 25.7 Å². The van der Waals surface area contributed by atoms with Crippen molar-refractivity contribution < 1.29 is 4.79 Å². The summed E-state index contributed by atoms with van der Waals surface area (Å²) in [6, 6.07) is 0.334. The maximum atomic E-state index is 12.3. The zero-order valence-electron chi connectivity index (χ0n) is 11.0. The number of hydrogen-bond acceptors (Lipinski definition) is 1. The smallest absolute Gasteiger partial charge is 0.228 e. The average Bonchev–Trinajstić information content (AvgIpc) is 2.74. The topological polar surface area (TPSA) is 29.1 Å². The zero-order chi connectivity index (χ0) is 13.1. The van der Waals surface area contributed by atoms with Gasteiger partial charge in [0.1, 0.15) is 0 Å². The molecule has 1 amide bonds. The van der Waals surface area contributed by atoms with Gasteiger partial charge in [0.05, 0.1) is 8.65 Å². The van der Waals surface area contributed by atoms with E-state index < -0.39 is 0 Å². The van der Waals surface area contributed by atoms with Crippen molar-refractivity contribution in [2.75, 3.05) is 0 Å². The molecular weight excluding hydrogens is 358 g/mol. The van der Waals surface area contributed by atoms with Gasteiger partial charge in [0.25, 0.3) is 0 Å². The van der Waals surface area contributed by atoms with Crippen LogP contribution < -0.4 is 5.32 Å². The van der Waals surface area contributed by atoms with Crippen LogP contribution in [0.3, 0.4) is 0 Å². The summed E-state index contributed by atoms with van der Waals surface area (Å²) in [5, 5.41) is 3.27. The highest BCUT2D eigenvalue weighted by molar-refractivity contribution is 9.25. The van der Waals surface area contributed by atoms with Gasteiger partial charge in [0.2, 0.25) is 5.91 Å². The first-order valence-corrected chi connectivity index (χ1v) is 8.61. The molecule has 0 aliphatic heterocycles. The number of hydrogen-bond donors (Lipinski definition) is 1. The Morgan fingerprint density at radius 1 is 1.33 bits per heavy atom. The summed E-state index contributed by atoms with van der Waals surface area (Å²) in [4.78, 5) is 12.3. The molecule has 0 radical (unpaired) electrons. The number of carbonyl (C=O) groups is 1. The second kappa shape index (κ2) is 4.21. The van der Waals surface area contributed by atoms with Gasteiger partial charge in [-0.15, -0.1) is 0 Å². The van der Waals surface area contributed by atoms with Crippen LogP contribution in [0.25, 0.3) is 0 Å². The first-order valence-electron chi connectivity index (χ1n) is 7.02. The lowest BCUT2D eigenvalue weighted by atomic mass is 9.84. The first-order chi connectivity index (χ1) is 8.33. The molecule has 5 unspecified atom stereocenters. The SMILES string of the molecule is CC(NC(=O)C1(C)CC1(Br)Br)C1CC2CCC1C2. The van der Waals surface area contributed by atoms with Crippen molar-refractivity contribution in [1.82, 2.24) is 5.32 Å². The number of halogens is 2. The minimum atomic E-state index is -0.279. The molecule has 3 aliphatic rings. The summed E-state index contributed by atoms with van der Waals surface area (Å²) in [6.07, 6.45) is 6.41. The Bertz CT molecular complexity index is 384. The monoisotopic (exact) mass is 377 g/mol. The molecule has 0 heterocycles. The van der Waals surface area contributed by atoms with Crippen molar-refractivity contribution in [2.24, 2.45) is 23.2 Å². The van der Waals surface area contributed by atoms with Crippen LogP contribution in [0.1, 0.15) is 46.0 Å². The van der Waals surface area contributed by atoms with Crippen LogP contribution in [-0.2, 0) is 4.79 Å². The number of amides is 1. The third kappa shape index (κ3) is 1.98. The highest BCUT2D eigenvalue weighted by Gasteiger charge is 2.66. The van der Waals surface area contributed by atoms with E-state index in [0.29, 0.717) is 6.04 Å². The van der Waals surface area contributed by atoms with E-state index in [2.05, 4.69) is 44.1 Å². The molecule has 4 heteroatoms. The Balaban J connectivity index is 1.59. The molecule has 2 nitrogen and oxygen atoms in total. The maximum absolute atomic E-state index is 12.3. The van der Waals surface area contributed by atoms with E-state index in [9.17, 15) is 4.79 Å². The molecule has 2 bridgehead atoms. The van der Waals surface area contributed by atoms with Crippen LogP contribution in [0.15, 0.2) is 0 Å². The van der Waals surface area contributed by atoms with Gasteiger partial charge in [-0.25, -0.2) is 0 Å². The summed E-state index contributed by atoms with van der Waals surface area (Å²) in [7, 11) is 0. The molecule has 18 heavy (non-hydrogen) atoms. The lowest BCUT2D eigenvalue weighted by Crippen LogP contribution is -2.44. The Morgan fingerprint density at radius 3 is 2.44 bits per heavy atom. The fourth-order valence-corrected chi connectivity index (χ4v) is 5.51. The molecule has 0 aromatic rings. The molecule has 1 N–H and O–H groups in total. The largest absolute Gasteiger partial charge is 0.353 e. The van der Waals surface area contributed by atoms with Crippen LogP contribution in [0.4, 0.5) is 0 Å². The summed E-state index contributed by atoms with van der Waals surface area (Å²) in [5.74, 6) is 2.74. The van der Waals surface area contributed by atoms with Crippen molar-refractivity contribution in [2.45, 2.75) is 55.2 Å². The van der Waals surface area contributed by atoms with Gasteiger partial charge in [-0.2, -0.15) is 0 Å². The van der Waals surface area contributed by atoms with E-state index in [0.717, 1.165) is 24.2 Å². The molecular formula is C14H21Br2NO. The summed E-state index contributed by atoms with van der Waals surface area (Å²) >= 11 is 7.14. The molecule has 0 aromatic heterocycles. The van der Waals surface area contributed by atoms with E-state index in [1.54, 1.807) is 0 Å². The normalized spacial score (nSPS) is 45.9. The zero-order valence-corrected chi connectivity index (χ0v) is 14.2. The minimum absolute atomic E-state index is 0.175. The third-order valence-corrected chi connectivity index (χ3v) is 7.86. The van der Waals surface area contributed by atoms with Gasteiger partial charge in [-0.3, -0.25) is 4.79 Å². The Hall–Kier alpha value is 0.430. The quantitative estimate of drug-likeness (QED) is 0.743. The van der Waals surface area contributed by atoms with Crippen molar-refractivity contribution in [3.63, 3.8) is 0 Å². The Morgan fingerprint density at radius 2 is 2.00 bits per heavy atom. The average molecular weight is 379 g/mol. The van der Waals surface area contributed by atoms with E-state index in [1.807, 2.05) is 6.92 Å². The van der Waals surface area contributed by atoms with E-state index in [4.69, 9.17) is 0 Å². The lowest BCUT2D eigenvalue weighted by Gasteiger charge is -2.29. The number of nitrogens with one attached hydrogen (secondary N) is 1. The Labute approximate surface area is 126 Å². The van der Waals surface area contributed by atoms with Crippen molar-refractivity contribution >= 4 is 37.8 Å². The molecule has 5 atom stereocenters. The second-order valence-electron chi connectivity index (χ2n) is 6.81. The predicted octanol–water partition coefficient (Wildman–Crippen LogP) is 3.82. The highest BCUT2D eigenvalue weighted by Crippen LogP contribution is 2.66. The fourth-order valence-electron chi connectivity index (χ4n) is 4.03. The van der Waals surface area contributed by atoms with Gasteiger partial charge >= 0.3 is 0 Å². The summed E-state index contributed by atoms with van der Waals surface area (Å²) in [6.45, 7) is 4.22. The molecule has 3 saturated carbocycles. The molecule has 3 fully saturated rings. The van der Waals surface area contributed by atoms with Gasteiger partial charge in [-0.05, 0) is 57.3 Å². The first kappa shape index (κ1) is 13.4. The van der Waals surface area contributed by atoms with Crippen LogP contribution in [0.2, 0.25) is 0 Å². The number of fused-ring (bicyclic) bond motifs is 2. The van der Waals surface area contributed by atoms with Gasteiger partial charge in [0.15, 0.2) is 0 Å². The third-order valence-electron chi connectivity index (χ3n) is 5.55. The second-order valence-corrected chi connectivity index (χ2v) is 10.6. The Kier molecular flexibility index (Phi) is 3.14. The van der Waals surface area contributed by atoms with Crippen LogP contribution in [0, 0.1) is 23.2 Å². The van der Waals surface area contributed by atoms with Gasteiger partial charge in [-0.1, -0.05) is 38.3 Å². The lowest BCUT2D eigenvalue weighted by molar-refractivity contribution is -0.126. The number of carbonyl (C=O) groups excluding carboxylic acids is 1. The van der Waals surface area contributed by atoms with E-state index >= 15 is 0 Å². The summed E-state index contributed by atoms with van der Waals surface area (Å²) in [5.41, 5.74) is -0.279. The van der Waals surface area contributed by atoms with Crippen LogP contribution >= 0.6 is 31.9 Å². The van der Waals surface area contributed by atoms with Crippen molar-refractivity contribution in [3.05, 3.63) is 0 Å². The standard InChI is InChI=1S/C14H21Br2NO/c1-8(11-6-9-3-4-10(11)5-9)17-12(18)13(2)7-14(13,15)16/h8-11H,3-7H2,1-2H3,(H,17,18). The molecule has 3 rings (SSSR count). The van der Waals surface area contributed by atoms with Crippen molar-refractivity contribution in [1.29, 1.82) is 0 Å². The minimum Gasteiger partial charge on any atom is -0.353 e. The fraction of sp³-hybridized carbons (Fsp3) is 0.929. The van der Waals surface area contributed by atoms with Crippen LogP contribution in [-0.4, -0.2) is 15.2 Å². The summed E-state index contributed by atoms with van der Waals surface area (Å²) < 4.78 is -0.175. The van der Waals surface area contributed by atoms with Gasteiger partial charge in [0, 0.05) is 6.04 Å². The maximum Gasteiger partial charge on any atom is 0.228 e. The number of rotatable bonds is 3. The molecule has 102 valence electrons. The molecule has 0 saturated heterocycles. The van der Waals surface area contributed by atoms with E-state index in [-0.39, 0.29) is 14.6 Å². The molecule has 0 aromatic carbocycles. The highest BCUT2D eigenvalue weighted by atomic mass is 79.9. The molecule has 0 spiro atoms.